The monoisotopic (exact) mass is 234 g/mol. The number of hydrogen-bond donors (Lipinski definition) is 1. The van der Waals surface area contributed by atoms with Crippen molar-refractivity contribution in [2.24, 2.45) is 0 Å². The molecule has 0 saturated heterocycles. The summed E-state index contributed by atoms with van der Waals surface area (Å²) in [4.78, 5) is 5.59. The lowest BCUT2D eigenvalue weighted by Crippen LogP contribution is -2.00. The molecule has 0 spiro atoms. The van der Waals surface area contributed by atoms with E-state index in [1.165, 1.54) is 10.4 Å². The van der Waals surface area contributed by atoms with Crippen molar-refractivity contribution < 1.29 is 4.74 Å². The van der Waals surface area contributed by atoms with Crippen LogP contribution in [0.5, 0.6) is 5.75 Å². The molecular formula is C12H14N2OS. The topological polar surface area (TPSA) is 34.1 Å². The van der Waals surface area contributed by atoms with Crippen LogP contribution in [0.2, 0.25) is 0 Å². The normalized spacial score (nSPS) is 10.1. The van der Waals surface area contributed by atoms with E-state index in [1.807, 2.05) is 12.1 Å². The van der Waals surface area contributed by atoms with Gasteiger partial charge in [-0.1, -0.05) is 0 Å². The number of ether oxygens (including phenoxy) is 1. The number of anilines is 1. The molecule has 0 saturated carbocycles. The van der Waals surface area contributed by atoms with Gasteiger partial charge in [-0.3, -0.25) is 0 Å². The molecule has 0 unspecified atom stereocenters. The fourth-order valence-corrected chi connectivity index (χ4v) is 2.21. The molecule has 1 N–H and O–H groups in total. The second-order valence-corrected chi connectivity index (χ2v) is 4.46. The van der Waals surface area contributed by atoms with Crippen LogP contribution in [0, 0.1) is 6.92 Å². The van der Waals surface area contributed by atoms with Gasteiger partial charge in [0, 0.05) is 4.88 Å². The molecule has 0 aliphatic rings. The Balaban J connectivity index is 1.97. The maximum Gasteiger partial charge on any atom is 0.137 e. The summed E-state index contributed by atoms with van der Waals surface area (Å²) in [5.74, 6) is 1.64. The number of pyridine rings is 1. The van der Waals surface area contributed by atoms with E-state index in [9.17, 15) is 0 Å². The molecule has 2 heterocycles. The third-order valence-electron chi connectivity index (χ3n) is 2.37. The van der Waals surface area contributed by atoms with E-state index >= 15 is 0 Å². The summed E-state index contributed by atoms with van der Waals surface area (Å²) in [7, 11) is 1.64. The highest BCUT2D eigenvalue weighted by molar-refractivity contribution is 7.10. The lowest BCUT2D eigenvalue weighted by molar-refractivity contribution is 0.413. The second-order valence-electron chi connectivity index (χ2n) is 3.46. The molecule has 0 fully saturated rings. The predicted molar refractivity (Wildman–Crippen MR) is 67.2 cm³/mol. The minimum Gasteiger partial charge on any atom is -0.495 e. The van der Waals surface area contributed by atoms with Gasteiger partial charge in [-0.05, 0) is 36.1 Å². The first kappa shape index (κ1) is 11.0. The summed E-state index contributed by atoms with van der Waals surface area (Å²) in [6, 6.07) is 5.95. The third kappa shape index (κ3) is 2.52. The zero-order chi connectivity index (χ0) is 11.4. The molecule has 0 atom stereocenters. The van der Waals surface area contributed by atoms with Crippen molar-refractivity contribution in [2.75, 3.05) is 12.4 Å². The Bertz CT molecular complexity index is 450. The quantitative estimate of drug-likeness (QED) is 0.882. The molecule has 0 aliphatic carbocycles. The number of aromatic nitrogens is 1. The van der Waals surface area contributed by atoms with E-state index in [1.54, 1.807) is 24.6 Å². The number of hydrogen-bond acceptors (Lipinski definition) is 4. The van der Waals surface area contributed by atoms with Crippen molar-refractivity contribution in [3.8, 4) is 5.75 Å². The molecule has 0 aromatic carbocycles. The lowest BCUT2D eigenvalue weighted by atomic mass is 10.3. The van der Waals surface area contributed by atoms with Crippen LogP contribution in [-0.2, 0) is 6.54 Å². The Hall–Kier alpha value is -1.55. The SMILES string of the molecule is COc1ccc(NCc2sccc2C)nc1. The molecule has 2 aromatic heterocycles. The van der Waals surface area contributed by atoms with Gasteiger partial charge < -0.3 is 10.1 Å². The minimum absolute atomic E-state index is 0.776. The average Bonchev–Trinajstić information content (AvgIpc) is 2.73. The van der Waals surface area contributed by atoms with Gasteiger partial charge >= 0.3 is 0 Å². The van der Waals surface area contributed by atoms with E-state index in [0.717, 1.165) is 18.1 Å². The first-order valence-electron chi connectivity index (χ1n) is 5.06. The highest BCUT2D eigenvalue weighted by Gasteiger charge is 2.00. The van der Waals surface area contributed by atoms with E-state index in [0.29, 0.717) is 0 Å². The van der Waals surface area contributed by atoms with Crippen LogP contribution in [0.15, 0.2) is 29.8 Å². The van der Waals surface area contributed by atoms with Crippen LogP contribution < -0.4 is 10.1 Å². The Labute approximate surface area is 99.1 Å². The minimum atomic E-state index is 0.776. The van der Waals surface area contributed by atoms with Crippen LogP contribution >= 0.6 is 11.3 Å². The molecule has 0 radical (unpaired) electrons. The number of rotatable bonds is 4. The van der Waals surface area contributed by atoms with E-state index < -0.39 is 0 Å². The van der Waals surface area contributed by atoms with Gasteiger partial charge in [0.1, 0.15) is 11.6 Å². The Morgan fingerprint density at radius 3 is 2.81 bits per heavy atom. The van der Waals surface area contributed by atoms with Gasteiger partial charge in [-0.2, -0.15) is 0 Å². The summed E-state index contributed by atoms with van der Waals surface area (Å²) in [6.07, 6.45) is 1.71. The van der Waals surface area contributed by atoms with Crippen LogP contribution in [0.25, 0.3) is 0 Å². The average molecular weight is 234 g/mol. The summed E-state index contributed by atoms with van der Waals surface area (Å²) in [5.41, 5.74) is 1.33. The second kappa shape index (κ2) is 4.99. The number of nitrogens with one attached hydrogen (secondary N) is 1. The van der Waals surface area contributed by atoms with Gasteiger partial charge in [-0.25, -0.2) is 4.98 Å². The number of aryl methyl sites for hydroxylation is 1. The molecule has 0 amide bonds. The number of nitrogens with zero attached hydrogens (tertiary/aromatic N) is 1. The van der Waals surface area contributed by atoms with Crippen LogP contribution in [0.3, 0.4) is 0 Å². The van der Waals surface area contributed by atoms with Crippen molar-refractivity contribution in [2.45, 2.75) is 13.5 Å². The lowest BCUT2D eigenvalue weighted by Gasteiger charge is -2.05. The van der Waals surface area contributed by atoms with Gasteiger partial charge in [0.05, 0.1) is 19.9 Å². The predicted octanol–water partition coefficient (Wildman–Crippen LogP) is 3.07. The zero-order valence-corrected chi connectivity index (χ0v) is 10.2. The summed E-state index contributed by atoms with van der Waals surface area (Å²) in [5, 5.41) is 5.39. The molecule has 4 heteroatoms. The first-order chi connectivity index (χ1) is 7.79. The van der Waals surface area contributed by atoms with Gasteiger partial charge in [-0.15, -0.1) is 11.3 Å². The Kier molecular flexibility index (Phi) is 3.41. The fourth-order valence-electron chi connectivity index (χ4n) is 1.36. The number of thiophene rings is 1. The molecule has 16 heavy (non-hydrogen) atoms. The Morgan fingerprint density at radius 2 is 2.25 bits per heavy atom. The van der Waals surface area contributed by atoms with Crippen molar-refractivity contribution in [3.63, 3.8) is 0 Å². The van der Waals surface area contributed by atoms with Crippen LogP contribution in [0.4, 0.5) is 5.82 Å². The molecule has 2 rings (SSSR count). The van der Waals surface area contributed by atoms with Gasteiger partial charge in [0.25, 0.3) is 0 Å². The number of methoxy groups -OCH3 is 1. The summed E-state index contributed by atoms with van der Waals surface area (Å²) >= 11 is 1.76. The third-order valence-corrected chi connectivity index (χ3v) is 3.39. The van der Waals surface area contributed by atoms with Crippen molar-refractivity contribution in [3.05, 3.63) is 40.2 Å². The highest BCUT2D eigenvalue weighted by atomic mass is 32.1. The van der Waals surface area contributed by atoms with Crippen molar-refractivity contribution in [1.29, 1.82) is 0 Å². The van der Waals surface area contributed by atoms with E-state index in [-0.39, 0.29) is 0 Å². The summed E-state index contributed by atoms with van der Waals surface area (Å²) < 4.78 is 5.05. The molecule has 0 aliphatic heterocycles. The smallest absolute Gasteiger partial charge is 0.137 e. The molecular weight excluding hydrogens is 220 g/mol. The van der Waals surface area contributed by atoms with E-state index in [2.05, 4.69) is 28.7 Å². The molecule has 2 aromatic rings. The maximum absolute atomic E-state index is 5.05. The summed E-state index contributed by atoms with van der Waals surface area (Å²) in [6.45, 7) is 2.94. The fraction of sp³-hybridized carbons (Fsp3) is 0.250. The zero-order valence-electron chi connectivity index (χ0n) is 9.36. The standard InChI is InChI=1S/C12H14N2OS/c1-9-5-6-16-11(9)8-14-12-4-3-10(15-2)7-13-12/h3-7H,8H2,1-2H3,(H,13,14). The van der Waals surface area contributed by atoms with Crippen molar-refractivity contribution >= 4 is 17.2 Å². The molecule has 0 bridgehead atoms. The molecule has 3 nitrogen and oxygen atoms in total. The highest BCUT2D eigenvalue weighted by Crippen LogP contribution is 2.17. The Morgan fingerprint density at radius 1 is 1.38 bits per heavy atom. The maximum atomic E-state index is 5.05. The van der Waals surface area contributed by atoms with Crippen LogP contribution in [-0.4, -0.2) is 12.1 Å². The largest absolute Gasteiger partial charge is 0.495 e. The van der Waals surface area contributed by atoms with Gasteiger partial charge in [0.2, 0.25) is 0 Å². The first-order valence-corrected chi connectivity index (χ1v) is 5.94. The van der Waals surface area contributed by atoms with Crippen molar-refractivity contribution in [1.82, 2.24) is 4.98 Å². The molecule has 84 valence electrons. The van der Waals surface area contributed by atoms with Gasteiger partial charge in [0.15, 0.2) is 0 Å². The van der Waals surface area contributed by atoms with Crippen LogP contribution in [0.1, 0.15) is 10.4 Å². The van der Waals surface area contributed by atoms with E-state index in [4.69, 9.17) is 4.74 Å².